The van der Waals surface area contributed by atoms with Crippen LogP contribution in [0.25, 0.3) is 0 Å². The number of carbonyl (C=O) groups excluding carboxylic acids is 1. The summed E-state index contributed by atoms with van der Waals surface area (Å²) in [5.74, 6) is -0.174. The fourth-order valence-electron chi connectivity index (χ4n) is 2.08. The highest BCUT2D eigenvalue weighted by atomic mass is 16.2. The maximum Gasteiger partial charge on any atom is 0.323 e. The van der Waals surface area contributed by atoms with Crippen LogP contribution in [0.4, 0.5) is 0 Å². The Kier molecular flexibility index (Phi) is 3.30. The van der Waals surface area contributed by atoms with E-state index in [1.807, 2.05) is 7.05 Å². The van der Waals surface area contributed by atoms with Crippen LogP contribution in [0.15, 0.2) is 11.0 Å². The number of aromatic amines is 2. The number of H-pyrrole nitrogens is 2. The molecule has 1 amide bonds. The molecule has 7 heteroatoms. The average molecular weight is 239 g/mol. The van der Waals surface area contributed by atoms with Crippen molar-refractivity contribution in [3.05, 3.63) is 22.4 Å². The number of nitrogens with zero attached hydrogens (tertiary/aromatic N) is 2. The second kappa shape index (κ2) is 4.72. The third kappa shape index (κ3) is 2.40. The van der Waals surface area contributed by atoms with Crippen molar-refractivity contribution >= 4 is 5.91 Å². The van der Waals surface area contributed by atoms with Gasteiger partial charge in [-0.05, 0) is 7.05 Å². The van der Waals surface area contributed by atoms with Gasteiger partial charge in [0.15, 0.2) is 0 Å². The summed E-state index contributed by atoms with van der Waals surface area (Å²) in [6.45, 7) is 2.63. The highest BCUT2D eigenvalue weighted by Gasteiger charge is 2.29. The highest BCUT2D eigenvalue weighted by Crippen LogP contribution is 2.10. The summed E-state index contributed by atoms with van der Waals surface area (Å²) < 4.78 is 0. The maximum atomic E-state index is 12.2. The minimum absolute atomic E-state index is 0.000322. The Morgan fingerprint density at radius 2 is 2.35 bits per heavy atom. The van der Waals surface area contributed by atoms with Crippen molar-refractivity contribution in [2.75, 3.05) is 33.2 Å². The summed E-state index contributed by atoms with van der Waals surface area (Å²) >= 11 is 0. The molecular weight excluding hydrogens is 222 g/mol. The number of hydrogen-bond donors (Lipinski definition) is 3. The molecule has 1 atom stereocenters. The van der Waals surface area contributed by atoms with Crippen LogP contribution in [0.5, 0.6) is 0 Å². The molecule has 0 aliphatic carbocycles. The maximum absolute atomic E-state index is 12.2. The number of piperazine rings is 1. The molecule has 0 saturated carbocycles. The second-order valence-electron chi connectivity index (χ2n) is 4.31. The minimum Gasteiger partial charge on any atom is -0.331 e. The first-order valence-corrected chi connectivity index (χ1v) is 5.59. The molecule has 7 nitrogen and oxygen atoms in total. The van der Waals surface area contributed by atoms with E-state index in [2.05, 4.69) is 14.9 Å². The van der Waals surface area contributed by atoms with E-state index >= 15 is 0 Å². The zero-order valence-electron chi connectivity index (χ0n) is 9.77. The van der Waals surface area contributed by atoms with Gasteiger partial charge < -0.3 is 25.5 Å². The molecule has 17 heavy (non-hydrogen) atoms. The van der Waals surface area contributed by atoms with Crippen molar-refractivity contribution in [3.63, 3.8) is 0 Å². The summed E-state index contributed by atoms with van der Waals surface area (Å²) in [5.41, 5.74) is 5.60. The Hall–Kier alpha value is -1.60. The third-order valence-electron chi connectivity index (χ3n) is 3.04. The average Bonchev–Trinajstić information content (AvgIpc) is 2.75. The van der Waals surface area contributed by atoms with Crippen LogP contribution >= 0.6 is 0 Å². The monoisotopic (exact) mass is 239 g/mol. The van der Waals surface area contributed by atoms with Crippen molar-refractivity contribution in [2.24, 2.45) is 5.73 Å². The molecule has 1 unspecified atom stereocenters. The smallest absolute Gasteiger partial charge is 0.323 e. The molecule has 0 radical (unpaired) electrons. The van der Waals surface area contributed by atoms with Gasteiger partial charge in [-0.15, -0.1) is 0 Å². The Bertz CT molecular complexity index is 452. The zero-order valence-corrected chi connectivity index (χ0v) is 9.77. The van der Waals surface area contributed by atoms with E-state index in [4.69, 9.17) is 5.73 Å². The quantitative estimate of drug-likeness (QED) is 0.580. The Labute approximate surface area is 98.6 Å². The van der Waals surface area contributed by atoms with Crippen LogP contribution in [0.3, 0.4) is 0 Å². The van der Waals surface area contributed by atoms with Crippen molar-refractivity contribution in [3.8, 4) is 0 Å². The Morgan fingerprint density at radius 3 is 2.94 bits per heavy atom. The fourth-order valence-corrected chi connectivity index (χ4v) is 2.08. The molecule has 1 aromatic heterocycles. The predicted molar refractivity (Wildman–Crippen MR) is 62.8 cm³/mol. The number of aromatic nitrogens is 2. The van der Waals surface area contributed by atoms with Crippen LogP contribution in [0.2, 0.25) is 0 Å². The van der Waals surface area contributed by atoms with E-state index < -0.39 is 0 Å². The largest absolute Gasteiger partial charge is 0.331 e. The molecule has 0 aromatic carbocycles. The normalized spacial score (nSPS) is 21.8. The SMILES string of the molecule is CN1CCN(C(=O)c2c[nH]c(=O)[nH]2)C(CN)C1. The lowest BCUT2D eigenvalue weighted by Crippen LogP contribution is -2.56. The van der Waals surface area contributed by atoms with Gasteiger partial charge in [0, 0.05) is 32.4 Å². The van der Waals surface area contributed by atoms with E-state index in [0.717, 1.165) is 13.1 Å². The van der Waals surface area contributed by atoms with Gasteiger partial charge in [0.2, 0.25) is 0 Å². The molecule has 4 N–H and O–H groups in total. The van der Waals surface area contributed by atoms with Crippen LogP contribution in [-0.2, 0) is 0 Å². The molecular formula is C10H17N5O2. The molecule has 1 aliphatic heterocycles. The standard InChI is InChI=1S/C10H17N5O2/c1-14-2-3-15(7(4-11)6-14)9(16)8-5-12-10(17)13-8/h5,7H,2-4,6,11H2,1H3,(H2,12,13,17). The molecule has 2 rings (SSSR count). The van der Waals surface area contributed by atoms with Crippen LogP contribution in [-0.4, -0.2) is 64.9 Å². The van der Waals surface area contributed by atoms with Crippen molar-refractivity contribution in [1.82, 2.24) is 19.8 Å². The van der Waals surface area contributed by atoms with Gasteiger partial charge in [0.1, 0.15) is 5.69 Å². The van der Waals surface area contributed by atoms with Gasteiger partial charge in [-0.3, -0.25) is 4.79 Å². The van der Waals surface area contributed by atoms with E-state index in [0.29, 0.717) is 13.1 Å². The fraction of sp³-hybridized carbons (Fsp3) is 0.600. The third-order valence-corrected chi connectivity index (χ3v) is 3.04. The molecule has 1 aliphatic rings. The first-order chi connectivity index (χ1) is 8.11. The number of hydrogen-bond acceptors (Lipinski definition) is 4. The molecule has 94 valence electrons. The summed E-state index contributed by atoms with van der Waals surface area (Å²) in [5, 5.41) is 0. The number of amides is 1. The first kappa shape index (κ1) is 11.9. The highest BCUT2D eigenvalue weighted by molar-refractivity contribution is 5.92. The van der Waals surface area contributed by atoms with Crippen molar-refractivity contribution in [2.45, 2.75) is 6.04 Å². The van der Waals surface area contributed by atoms with Crippen molar-refractivity contribution in [1.29, 1.82) is 0 Å². The molecule has 0 bridgehead atoms. The Balaban J connectivity index is 2.15. The summed E-state index contributed by atoms with van der Waals surface area (Å²) in [6.07, 6.45) is 1.40. The van der Waals surface area contributed by atoms with E-state index in [1.54, 1.807) is 4.90 Å². The molecule has 0 spiro atoms. The number of carbonyl (C=O) groups is 1. The van der Waals surface area contributed by atoms with Gasteiger partial charge in [0.05, 0.1) is 6.04 Å². The van der Waals surface area contributed by atoms with Gasteiger partial charge >= 0.3 is 5.69 Å². The molecule has 1 saturated heterocycles. The molecule has 2 heterocycles. The van der Waals surface area contributed by atoms with Crippen molar-refractivity contribution < 1.29 is 4.79 Å². The lowest BCUT2D eigenvalue weighted by molar-refractivity contribution is 0.0510. The minimum atomic E-state index is -0.369. The van der Waals surface area contributed by atoms with Crippen LogP contribution in [0.1, 0.15) is 10.5 Å². The van der Waals surface area contributed by atoms with Gasteiger partial charge in [0.25, 0.3) is 5.91 Å². The summed E-state index contributed by atoms with van der Waals surface area (Å²) in [6, 6.07) is -0.000322. The van der Waals surface area contributed by atoms with Crippen LogP contribution in [0, 0.1) is 0 Å². The number of nitrogens with one attached hydrogen (secondary N) is 2. The van der Waals surface area contributed by atoms with E-state index in [9.17, 15) is 9.59 Å². The number of rotatable bonds is 2. The van der Waals surface area contributed by atoms with Gasteiger partial charge in [-0.25, -0.2) is 4.79 Å². The summed E-state index contributed by atoms with van der Waals surface area (Å²) in [7, 11) is 2.00. The topological polar surface area (TPSA) is 98.2 Å². The molecule has 1 aromatic rings. The van der Waals surface area contributed by atoms with Crippen LogP contribution < -0.4 is 11.4 Å². The number of nitrogens with two attached hydrogens (primary N) is 1. The van der Waals surface area contributed by atoms with E-state index in [1.165, 1.54) is 6.20 Å². The lowest BCUT2D eigenvalue weighted by atomic mass is 10.1. The lowest BCUT2D eigenvalue weighted by Gasteiger charge is -2.39. The Morgan fingerprint density at radius 1 is 1.59 bits per heavy atom. The number of likely N-dealkylation sites (N-methyl/N-ethyl adjacent to an activating group) is 1. The predicted octanol–water partition coefficient (Wildman–Crippen LogP) is -1.58. The first-order valence-electron chi connectivity index (χ1n) is 5.59. The van der Waals surface area contributed by atoms with Gasteiger partial charge in [-0.2, -0.15) is 0 Å². The van der Waals surface area contributed by atoms with E-state index in [-0.39, 0.29) is 23.3 Å². The number of imidazole rings is 1. The zero-order chi connectivity index (χ0) is 12.4. The summed E-state index contributed by atoms with van der Waals surface area (Å²) in [4.78, 5) is 31.9. The molecule has 1 fully saturated rings. The van der Waals surface area contributed by atoms with Gasteiger partial charge in [-0.1, -0.05) is 0 Å². The second-order valence-corrected chi connectivity index (χ2v) is 4.31.